The SMILES string of the molecule is CO[Si](CCCNC(=O)CC(O)(CC(=O)O)C(=O)O)(OC)OC. The number of aliphatic carboxylic acids is 2. The van der Waals surface area contributed by atoms with Gasteiger partial charge in [-0.15, -0.1) is 0 Å². The van der Waals surface area contributed by atoms with Crippen LogP contribution in [-0.4, -0.2) is 75.4 Å². The summed E-state index contributed by atoms with van der Waals surface area (Å²) in [4.78, 5) is 33.2. The van der Waals surface area contributed by atoms with Crippen molar-refractivity contribution in [3.63, 3.8) is 0 Å². The number of hydrogen-bond donors (Lipinski definition) is 4. The maximum absolute atomic E-state index is 11.7. The highest BCUT2D eigenvalue weighted by Gasteiger charge is 2.41. The van der Waals surface area contributed by atoms with Gasteiger partial charge in [0, 0.05) is 33.9 Å². The third-order valence-corrected chi connectivity index (χ3v) is 6.04. The molecule has 4 N–H and O–H groups in total. The number of aliphatic hydroxyl groups is 1. The van der Waals surface area contributed by atoms with E-state index in [0.29, 0.717) is 12.5 Å². The van der Waals surface area contributed by atoms with Crippen LogP contribution >= 0.6 is 0 Å². The average molecular weight is 353 g/mol. The first-order chi connectivity index (χ1) is 10.6. The first-order valence-corrected chi connectivity index (χ1v) is 8.67. The Hall–Kier alpha value is -1.53. The van der Waals surface area contributed by atoms with E-state index in [4.69, 9.17) is 23.5 Å². The Morgan fingerprint density at radius 3 is 1.96 bits per heavy atom. The minimum absolute atomic E-state index is 0.173. The molecule has 0 rings (SSSR count). The van der Waals surface area contributed by atoms with Crippen molar-refractivity contribution in [2.24, 2.45) is 0 Å². The lowest BCUT2D eigenvalue weighted by Crippen LogP contribution is -2.46. The summed E-state index contributed by atoms with van der Waals surface area (Å²) in [5.41, 5.74) is -2.64. The van der Waals surface area contributed by atoms with Gasteiger partial charge in [0.15, 0.2) is 5.60 Å². The van der Waals surface area contributed by atoms with Crippen molar-refractivity contribution < 1.29 is 43.0 Å². The Morgan fingerprint density at radius 1 is 1.04 bits per heavy atom. The summed E-state index contributed by atoms with van der Waals surface area (Å²) >= 11 is 0. The molecule has 23 heavy (non-hydrogen) atoms. The van der Waals surface area contributed by atoms with Gasteiger partial charge < -0.3 is 33.9 Å². The Morgan fingerprint density at radius 2 is 1.57 bits per heavy atom. The van der Waals surface area contributed by atoms with Crippen LogP contribution < -0.4 is 5.32 Å². The van der Waals surface area contributed by atoms with Crippen LogP contribution in [-0.2, 0) is 27.7 Å². The molecule has 10 nitrogen and oxygen atoms in total. The predicted octanol–water partition coefficient (Wildman–Crippen LogP) is -0.949. The van der Waals surface area contributed by atoms with Crippen molar-refractivity contribution in [2.75, 3.05) is 27.9 Å². The third kappa shape index (κ3) is 7.05. The molecule has 11 heteroatoms. The number of carboxylic acid groups (broad SMARTS) is 2. The summed E-state index contributed by atoms with van der Waals surface area (Å²) in [5, 5.41) is 29.6. The first-order valence-electron chi connectivity index (χ1n) is 6.74. The highest BCUT2D eigenvalue weighted by molar-refractivity contribution is 6.60. The van der Waals surface area contributed by atoms with Gasteiger partial charge in [0.1, 0.15) is 0 Å². The minimum atomic E-state index is -2.75. The quantitative estimate of drug-likeness (QED) is 0.257. The van der Waals surface area contributed by atoms with E-state index in [1.807, 2.05) is 0 Å². The number of amides is 1. The second kappa shape index (κ2) is 9.57. The van der Waals surface area contributed by atoms with E-state index >= 15 is 0 Å². The summed E-state index contributed by atoms with van der Waals surface area (Å²) in [7, 11) is 1.62. The van der Waals surface area contributed by atoms with Gasteiger partial charge in [0.25, 0.3) is 0 Å². The smallest absolute Gasteiger partial charge is 0.481 e. The molecule has 0 aliphatic carbocycles. The molecule has 0 fully saturated rings. The molecule has 0 aliphatic rings. The number of carbonyl (C=O) groups is 3. The van der Waals surface area contributed by atoms with E-state index in [9.17, 15) is 19.5 Å². The van der Waals surface area contributed by atoms with E-state index in [0.717, 1.165) is 0 Å². The van der Waals surface area contributed by atoms with Crippen LogP contribution in [0, 0.1) is 0 Å². The number of nitrogens with one attached hydrogen (secondary N) is 1. The summed E-state index contributed by atoms with van der Waals surface area (Å²) < 4.78 is 15.6. The van der Waals surface area contributed by atoms with Crippen molar-refractivity contribution in [1.29, 1.82) is 0 Å². The number of rotatable bonds is 12. The Kier molecular flexibility index (Phi) is 8.93. The van der Waals surface area contributed by atoms with Crippen LogP contribution in [0.25, 0.3) is 0 Å². The lowest BCUT2D eigenvalue weighted by Gasteiger charge is -2.24. The third-order valence-electron chi connectivity index (χ3n) is 3.21. The van der Waals surface area contributed by atoms with Gasteiger partial charge in [-0.05, 0) is 6.42 Å². The fourth-order valence-electron chi connectivity index (χ4n) is 1.88. The molecule has 1 atom stereocenters. The molecule has 134 valence electrons. The molecule has 0 saturated carbocycles. The summed E-state index contributed by atoms with van der Waals surface area (Å²) in [6.45, 7) is 0.173. The fourth-order valence-corrected chi connectivity index (χ4v) is 3.60. The molecule has 0 aromatic heterocycles. The Labute approximate surface area is 134 Å². The Bertz CT molecular complexity index is 418. The standard InChI is InChI=1S/C12H23NO9Si/c1-20-23(21-2,22-3)6-4-5-13-9(14)7-12(19,11(17)18)8-10(15)16/h19H,4-8H2,1-3H3,(H,13,14)(H,15,16)(H,17,18). The van der Waals surface area contributed by atoms with Gasteiger partial charge >= 0.3 is 20.7 Å². The van der Waals surface area contributed by atoms with Crippen LogP contribution in [0.2, 0.25) is 6.04 Å². The number of carbonyl (C=O) groups excluding carboxylic acids is 1. The van der Waals surface area contributed by atoms with E-state index in [1.165, 1.54) is 21.3 Å². The fraction of sp³-hybridized carbons (Fsp3) is 0.750. The van der Waals surface area contributed by atoms with Crippen molar-refractivity contribution in [2.45, 2.75) is 30.9 Å². The largest absolute Gasteiger partial charge is 0.500 e. The van der Waals surface area contributed by atoms with Gasteiger partial charge in [-0.25, -0.2) is 4.79 Å². The van der Waals surface area contributed by atoms with Crippen molar-refractivity contribution in [1.82, 2.24) is 5.32 Å². The maximum Gasteiger partial charge on any atom is 0.500 e. The van der Waals surface area contributed by atoms with Gasteiger partial charge in [-0.3, -0.25) is 9.59 Å². The van der Waals surface area contributed by atoms with E-state index in [2.05, 4.69) is 5.32 Å². The molecule has 0 spiro atoms. The van der Waals surface area contributed by atoms with E-state index < -0.39 is 45.1 Å². The van der Waals surface area contributed by atoms with Crippen molar-refractivity contribution in [3.8, 4) is 0 Å². The minimum Gasteiger partial charge on any atom is -0.481 e. The normalized spacial score (nSPS) is 14.1. The highest BCUT2D eigenvalue weighted by Crippen LogP contribution is 2.17. The summed E-state index contributed by atoms with van der Waals surface area (Å²) in [6.07, 6.45) is -1.48. The number of hydrogen-bond acceptors (Lipinski definition) is 7. The molecule has 0 bridgehead atoms. The molecule has 0 aromatic rings. The monoisotopic (exact) mass is 353 g/mol. The van der Waals surface area contributed by atoms with Gasteiger partial charge in [0.2, 0.25) is 5.91 Å². The molecule has 1 unspecified atom stereocenters. The molecular formula is C12H23NO9Si. The average Bonchev–Trinajstić information content (AvgIpc) is 2.47. The van der Waals surface area contributed by atoms with Crippen molar-refractivity contribution in [3.05, 3.63) is 0 Å². The predicted molar refractivity (Wildman–Crippen MR) is 78.7 cm³/mol. The molecule has 0 saturated heterocycles. The zero-order chi connectivity index (χ0) is 18.1. The summed E-state index contributed by atoms with van der Waals surface area (Å²) in [5.74, 6) is -4.05. The topological polar surface area (TPSA) is 152 Å². The molecule has 0 radical (unpaired) electrons. The zero-order valence-corrected chi connectivity index (χ0v) is 14.3. The molecule has 0 aliphatic heterocycles. The Balaban J connectivity index is 4.40. The molecular weight excluding hydrogens is 330 g/mol. The molecule has 0 heterocycles. The van der Waals surface area contributed by atoms with Crippen LogP contribution in [0.3, 0.4) is 0 Å². The lowest BCUT2D eigenvalue weighted by atomic mass is 9.95. The van der Waals surface area contributed by atoms with E-state index in [-0.39, 0.29) is 6.54 Å². The lowest BCUT2D eigenvalue weighted by molar-refractivity contribution is -0.167. The molecule has 1 amide bonds. The van der Waals surface area contributed by atoms with Crippen LogP contribution in [0.1, 0.15) is 19.3 Å². The van der Waals surface area contributed by atoms with Crippen molar-refractivity contribution >= 4 is 26.7 Å². The highest BCUT2D eigenvalue weighted by atomic mass is 28.4. The van der Waals surface area contributed by atoms with Crippen LogP contribution in [0.5, 0.6) is 0 Å². The number of carboxylic acids is 2. The molecule has 0 aromatic carbocycles. The maximum atomic E-state index is 11.7. The summed E-state index contributed by atoms with van der Waals surface area (Å²) in [6, 6.07) is 0.426. The second-order valence-electron chi connectivity index (χ2n) is 4.83. The van der Waals surface area contributed by atoms with Crippen LogP contribution in [0.4, 0.5) is 0 Å². The first kappa shape index (κ1) is 21.5. The van der Waals surface area contributed by atoms with E-state index in [1.54, 1.807) is 0 Å². The van der Waals surface area contributed by atoms with Gasteiger partial charge in [-0.1, -0.05) is 0 Å². The second-order valence-corrected chi connectivity index (χ2v) is 7.92. The van der Waals surface area contributed by atoms with Gasteiger partial charge in [0.05, 0.1) is 12.8 Å². The van der Waals surface area contributed by atoms with Crippen LogP contribution in [0.15, 0.2) is 0 Å². The zero-order valence-electron chi connectivity index (χ0n) is 13.3. The van der Waals surface area contributed by atoms with Gasteiger partial charge in [-0.2, -0.15) is 0 Å².